The van der Waals surface area contributed by atoms with Crippen LogP contribution in [0.5, 0.6) is 0 Å². The van der Waals surface area contributed by atoms with Gasteiger partial charge in [-0.3, -0.25) is 4.79 Å². The normalized spacial score (nSPS) is 10.2. The van der Waals surface area contributed by atoms with Gasteiger partial charge in [-0.25, -0.2) is 9.97 Å². The topological polar surface area (TPSA) is 54.9 Å². The van der Waals surface area contributed by atoms with Gasteiger partial charge in [0.1, 0.15) is 4.60 Å². The van der Waals surface area contributed by atoms with Crippen molar-refractivity contribution in [1.82, 2.24) is 9.97 Å². The third-order valence-electron chi connectivity index (χ3n) is 1.07. The molecule has 0 saturated carbocycles. The summed E-state index contributed by atoms with van der Waals surface area (Å²) in [4.78, 5) is 17.8. The summed E-state index contributed by atoms with van der Waals surface area (Å²) in [6.07, 6.45) is -0.587. The van der Waals surface area contributed by atoms with E-state index in [1.165, 1.54) is 12.4 Å². The number of amides is 1. The van der Waals surface area contributed by atoms with E-state index >= 15 is 0 Å². The summed E-state index contributed by atoms with van der Waals surface area (Å²) in [6.45, 7) is 0. The van der Waals surface area contributed by atoms with Crippen molar-refractivity contribution in [1.29, 1.82) is 0 Å². The molecule has 1 N–H and O–H groups in total. The molecule has 0 aliphatic rings. The second-order valence-electron chi connectivity index (χ2n) is 2.01. The number of nitrogens with zero attached hydrogens (tertiary/aromatic N) is 2. The van der Waals surface area contributed by atoms with Gasteiger partial charge in [0.15, 0.2) is 5.82 Å². The van der Waals surface area contributed by atoms with Crippen LogP contribution < -0.4 is 5.32 Å². The van der Waals surface area contributed by atoms with Crippen molar-refractivity contribution in [3.63, 3.8) is 0 Å². The molecule has 1 aromatic rings. The minimum atomic E-state index is -3.05. The zero-order valence-electron chi connectivity index (χ0n) is 6.17. The molecule has 1 heterocycles. The fourth-order valence-corrected chi connectivity index (χ4v) is 0.762. The molecule has 13 heavy (non-hydrogen) atoms. The van der Waals surface area contributed by atoms with Gasteiger partial charge in [-0.2, -0.15) is 8.78 Å². The predicted molar refractivity (Wildman–Crippen MR) is 44.4 cm³/mol. The SMILES string of the molecule is O=C(Nc1cnc(Br)cn1)C(F)F. The Morgan fingerprint density at radius 1 is 1.46 bits per heavy atom. The zero-order chi connectivity index (χ0) is 9.84. The van der Waals surface area contributed by atoms with Crippen LogP contribution in [0.2, 0.25) is 0 Å². The largest absolute Gasteiger partial charge is 0.315 e. The van der Waals surface area contributed by atoms with E-state index in [-0.39, 0.29) is 5.82 Å². The lowest BCUT2D eigenvalue weighted by atomic mass is 10.6. The van der Waals surface area contributed by atoms with E-state index in [9.17, 15) is 13.6 Å². The minimum absolute atomic E-state index is 0.00602. The number of rotatable bonds is 2. The van der Waals surface area contributed by atoms with E-state index in [1.807, 2.05) is 5.32 Å². The Hall–Kier alpha value is -1.11. The van der Waals surface area contributed by atoms with E-state index in [0.29, 0.717) is 4.60 Å². The quantitative estimate of drug-likeness (QED) is 0.866. The molecule has 0 unspecified atom stereocenters. The van der Waals surface area contributed by atoms with E-state index in [0.717, 1.165) is 0 Å². The third kappa shape index (κ3) is 3.02. The van der Waals surface area contributed by atoms with Crippen molar-refractivity contribution in [3.05, 3.63) is 17.0 Å². The molecular weight excluding hydrogens is 248 g/mol. The summed E-state index contributed by atoms with van der Waals surface area (Å²) >= 11 is 3.01. The number of hydrogen-bond acceptors (Lipinski definition) is 3. The summed E-state index contributed by atoms with van der Waals surface area (Å²) in [5.41, 5.74) is 0. The van der Waals surface area contributed by atoms with Gasteiger partial charge < -0.3 is 5.32 Å². The Balaban J connectivity index is 2.65. The Kier molecular flexibility index (Phi) is 3.24. The van der Waals surface area contributed by atoms with Crippen molar-refractivity contribution in [2.75, 3.05) is 5.32 Å². The van der Waals surface area contributed by atoms with Crippen molar-refractivity contribution >= 4 is 27.7 Å². The maximum absolute atomic E-state index is 11.7. The van der Waals surface area contributed by atoms with Crippen molar-refractivity contribution < 1.29 is 13.6 Å². The number of carbonyl (C=O) groups excluding carboxylic acids is 1. The van der Waals surface area contributed by atoms with Crippen LogP contribution in [0.15, 0.2) is 17.0 Å². The lowest BCUT2D eigenvalue weighted by Gasteiger charge is -2.01. The molecule has 1 rings (SSSR count). The highest BCUT2D eigenvalue weighted by atomic mass is 79.9. The summed E-state index contributed by atoms with van der Waals surface area (Å²) in [5, 5.41) is 1.89. The number of halogens is 3. The number of aromatic nitrogens is 2. The van der Waals surface area contributed by atoms with Gasteiger partial charge >= 0.3 is 6.43 Å². The number of anilines is 1. The average molecular weight is 252 g/mol. The van der Waals surface area contributed by atoms with Gasteiger partial charge in [-0.1, -0.05) is 0 Å². The fraction of sp³-hybridized carbons (Fsp3) is 0.167. The summed E-state index contributed by atoms with van der Waals surface area (Å²) in [7, 11) is 0. The molecule has 0 aliphatic heterocycles. The van der Waals surface area contributed by atoms with Gasteiger partial charge in [0, 0.05) is 0 Å². The molecule has 0 spiro atoms. The van der Waals surface area contributed by atoms with E-state index < -0.39 is 12.3 Å². The van der Waals surface area contributed by atoms with Gasteiger partial charge in [-0.05, 0) is 15.9 Å². The van der Waals surface area contributed by atoms with Crippen LogP contribution in [0.1, 0.15) is 0 Å². The molecule has 0 atom stereocenters. The monoisotopic (exact) mass is 251 g/mol. The van der Waals surface area contributed by atoms with Crippen LogP contribution in [0.25, 0.3) is 0 Å². The van der Waals surface area contributed by atoms with Crippen LogP contribution in [0.3, 0.4) is 0 Å². The summed E-state index contributed by atoms with van der Waals surface area (Å²) < 4.78 is 23.9. The number of carbonyl (C=O) groups is 1. The second kappa shape index (κ2) is 4.22. The first kappa shape index (κ1) is 9.97. The Morgan fingerprint density at radius 2 is 2.15 bits per heavy atom. The highest BCUT2D eigenvalue weighted by Crippen LogP contribution is 2.07. The molecule has 70 valence electrons. The third-order valence-corrected chi connectivity index (χ3v) is 1.48. The predicted octanol–water partition coefficient (Wildman–Crippen LogP) is 1.44. The molecule has 0 radical (unpaired) electrons. The lowest BCUT2D eigenvalue weighted by Crippen LogP contribution is -2.20. The molecule has 1 aromatic heterocycles. The first-order chi connectivity index (χ1) is 6.09. The standard InChI is InChI=1S/C6H4BrF2N3O/c7-3-1-11-4(2-10-3)12-6(13)5(8)9/h1-2,5H,(H,11,12,13). The summed E-state index contributed by atoms with van der Waals surface area (Å²) in [6, 6.07) is 0. The Morgan fingerprint density at radius 3 is 2.62 bits per heavy atom. The van der Waals surface area contributed by atoms with Crippen LogP contribution in [-0.4, -0.2) is 22.3 Å². The summed E-state index contributed by atoms with van der Waals surface area (Å²) in [5.74, 6) is -1.40. The van der Waals surface area contributed by atoms with Crippen LogP contribution in [0.4, 0.5) is 14.6 Å². The first-order valence-corrected chi connectivity index (χ1v) is 3.95. The second-order valence-corrected chi connectivity index (χ2v) is 2.83. The molecule has 0 fully saturated rings. The Bertz CT molecular complexity index is 303. The molecule has 0 saturated heterocycles. The van der Waals surface area contributed by atoms with Crippen molar-refractivity contribution in [2.45, 2.75) is 6.43 Å². The molecule has 7 heteroatoms. The number of alkyl halides is 2. The van der Waals surface area contributed by atoms with E-state index in [1.54, 1.807) is 0 Å². The van der Waals surface area contributed by atoms with Crippen molar-refractivity contribution in [2.24, 2.45) is 0 Å². The maximum atomic E-state index is 11.7. The van der Waals surface area contributed by atoms with Gasteiger partial charge in [0.25, 0.3) is 5.91 Å². The van der Waals surface area contributed by atoms with Gasteiger partial charge in [-0.15, -0.1) is 0 Å². The number of nitrogens with one attached hydrogen (secondary N) is 1. The zero-order valence-corrected chi connectivity index (χ0v) is 7.75. The lowest BCUT2D eigenvalue weighted by molar-refractivity contribution is -0.126. The van der Waals surface area contributed by atoms with Crippen LogP contribution in [-0.2, 0) is 4.79 Å². The first-order valence-electron chi connectivity index (χ1n) is 3.16. The molecule has 0 bridgehead atoms. The van der Waals surface area contributed by atoms with Crippen LogP contribution >= 0.6 is 15.9 Å². The molecular formula is C6H4BrF2N3O. The molecule has 0 aromatic carbocycles. The highest BCUT2D eigenvalue weighted by Gasteiger charge is 2.15. The molecule has 4 nitrogen and oxygen atoms in total. The van der Waals surface area contributed by atoms with Gasteiger partial charge in [0.05, 0.1) is 12.4 Å². The smallest absolute Gasteiger partial charge is 0.304 e. The minimum Gasteiger partial charge on any atom is -0.304 e. The molecule has 0 aliphatic carbocycles. The average Bonchev–Trinajstić information content (AvgIpc) is 2.08. The number of hydrogen-bond donors (Lipinski definition) is 1. The molecule has 1 amide bonds. The maximum Gasteiger partial charge on any atom is 0.315 e. The Labute approximate surface area is 80.5 Å². The van der Waals surface area contributed by atoms with Gasteiger partial charge in [0.2, 0.25) is 0 Å². The fourth-order valence-electron chi connectivity index (χ4n) is 0.558. The van der Waals surface area contributed by atoms with E-state index in [2.05, 4.69) is 25.9 Å². The van der Waals surface area contributed by atoms with Crippen molar-refractivity contribution in [3.8, 4) is 0 Å². The highest BCUT2D eigenvalue weighted by molar-refractivity contribution is 9.10. The van der Waals surface area contributed by atoms with Crippen LogP contribution in [0, 0.1) is 0 Å². The van der Waals surface area contributed by atoms with E-state index in [4.69, 9.17) is 0 Å².